The van der Waals surface area contributed by atoms with Gasteiger partial charge in [-0.3, -0.25) is 4.79 Å². The molecule has 0 fully saturated rings. The van der Waals surface area contributed by atoms with Crippen molar-refractivity contribution in [3.05, 3.63) is 70.6 Å². The number of benzene rings is 2. The van der Waals surface area contributed by atoms with Crippen molar-refractivity contribution in [2.45, 2.75) is 6.92 Å². The van der Waals surface area contributed by atoms with Crippen molar-refractivity contribution in [3.63, 3.8) is 0 Å². The van der Waals surface area contributed by atoms with Gasteiger partial charge in [0.05, 0.1) is 10.9 Å². The van der Waals surface area contributed by atoms with Gasteiger partial charge in [-0.1, -0.05) is 42.0 Å². The summed E-state index contributed by atoms with van der Waals surface area (Å²) in [6.45, 7) is 2.02. The van der Waals surface area contributed by atoms with Crippen LogP contribution in [0.15, 0.2) is 64.0 Å². The maximum Gasteiger partial charge on any atom is 0.200 e. The number of aryl methyl sites for hydroxylation is 1. The summed E-state index contributed by atoms with van der Waals surface area (Å²) in [6, 6.07) is 15.2. The van der Waals surface area contributed by atoms with E-state index in [-0.39, 0.29) is 5.43 Å². The molecule has 88 valence electrons. The molecule has 1 heterocycles. The quantitative estimate of drug-likeness (QED) is 0.643. The van der Waals surface area contributed by atoms with Crippen LogP contribution >= 0.6 is 0 Å². The maximum atomic E-state index is 12.4. The van der Waals surface area contributed by atoms with E-state index < -0.39 is 0 Å². The van der Waals surface area contributed by atoms with Crippen LogP contribution in [0.3, 0.4) is 0 Å². The van der Waals surface area contributed by atoms with Gasteiger partial charge in [-0.15, -0.1) is 0 Å². The van der Waals surface area contributed by atoms with Gasteiger partial charge in [0.1, 0.15) is 11.8 Å². The van der Waals surface area contributed by atoms with E-state index in [1.165, 1.54) is 11.8 Å². The Hall–Kier alpha value is -2.35. The molecule has 0 atom stereocenters. The summed E-state index contributed by atoms with van der Waals surface area (Å²) < 4.78 is 5.51. The fraction of sp³-hybridized carbons (Fsp3) is 0.0625. The number of fused-ring (bicyclic) bond motifs is 1. The van der Waals surface area contributed by atoms with Crippen LogP contribution in [-0.4, -0.2) is 0 Å². The third-order valence-corrected chi connectivity index (χ3v) is 3.04. The minimum absolute atomic E-state index is 0.0145. The smallest absolute Gasteiger partial charge is 0.200 e. The van der Waals surface area contributed by atoms with Gasteiger partial charge in [0.2, 0.25) is 0 Å². The molecule has 0 aliphatic rings. The fourth-order valence-electron chi connectivity index (χ4n) is 2.01. The Kier molecular flexibility index (Phi) is 2.49. The Morgan fingerprint density at radius 1 is 0.944 bits per heavy atom. The summed E-state index contributed by atoms with van der Waals surface area (Å²) >= 11 is 0. The Labute approximate surface area is 105 Å². The van der Waals surface area contributed by atoms with Crippen LogP contribution < -0.4 is 5.43 Å². The molecule has 0 saturated heterocycles. The van der Waals surface area contributed by atoms with Crippen molar-refractivity contribution in [2.75, 3.05) is 0 Å². The average Bonchev–Trinajstić information content (AvgIpc) is 2.41. The van der Waals surface area contributed by atoms with Gasteiger partial charge in [-0.2, -0.15) is 0 Å². The minimum atomic E-state index is 0.0145. The highest BCUT2D eigenvalue weighted by molar-refractivity contribution is 5.81. The highest BCUT2D eigenvalue weighted by Crippen LogP contribution is 2.19. The second-order valence-electron chi connectivity index (χ2n) is 4.34. The molecule has 0 spiro atoms. The summed E-state index contributed by atoms with van der Waals surface area (Å²) in [5.74, 6) is 0. The van der Waals surface area contributed by atoms with E-state index in [9.17, 15) is 4.79 Å². The third kappa shape index (κ3) is 1.72. The Morgan fingerprint density at radius 3 is 2.44 bits per heavy atom. The van der Waals surface area contributed by atoms with Crippen molar-refractivity contribution >= 4 is 11.0 Å². The second kappa shape index (κ2) is 4.15. The highest BCUT2D eigenvalue weighted by Gasteiger charge is 2.07. The van der Waals surface area contributed by atoms with Crippen molar-refractivity contribution < 1.29 is 4.42 Å². The van der Waals surface area contributed by atoms with Crippen LogP contribution in [-0.2, 0) is 0 Å². The molecule has 0 bridgehead atoms. The molecule has 0 radical (unpaired) electrons. The van der Waals surface area contributed by atoms with Gasteiger partial charge in [-0.05, 0) is 24.6 Å². The van der Waals surface area contributed by atoms with Gasteiger partial charge < -0.3 is 4.42 Å². The van der Waals surface area contributed by atoms with Gasteiger partial charge in [0.25, 0.3) is 0 Å². The molecular formula is C16H12O2. The highest BCUT2D eigenvalue weighted by atomic mass is 16.3. The fourth-order valence-corrected chi connectivity index (χ4v) is 2.01. The Morgan fingerprint density at radius 2 is 1.67 bits per heavy atom. The molecule has 2 heteroatoms. The SMILES string of the molecule is Cc1ccc(-c2coc3ccccc3c2=O)cc1. The number of rotatable bonds is 1. The molecule has 0 saturated carbocycles. The van der Waals surface area contributed by atoms with E-state index in [1.54, 1.807) is 12.1 Å². The summed E-state index contributed by atoms with van der Waals surface area (Å²) in [5, 5.41) is 0.621. The van der Waals surface area contributed by atoms with Crippen LogP contribution in [0, 0.1) is 6.92 Å². The van der Waals surface area contributed by atoms with Crippen LogP contribution in [0.1, 0.15) is 5.56 Å². The lowest BCUT2D eigenvalue weighted by Gasteiger charge is -2.02. The molecule has 2 nitrogen and oxygen atoms in total. The first-order valence-corrected chi connectivity index (χ1v) is 5.83. The van der Waals surface area contributed by atoms with Gasteiger partial charge in [0, 0.05) is 0 Å². The van der Waals surface area contributed by atoms with Gasteiger partial charge in [-0.25, -0.2) is 0 Å². The predicted molar refractivity (Wildman–Crippen MR) is 72.7 cm³/mol. The molecule has 0 unspecified atom stereocenters. The van der Waals surface area contributed by atoms with E-state index in [4.69, 9.17) is 4.42 Å². The first-order chi connectivity index (χ1) is 8.75. The summed E-state index contributed by atoms with van der Waals surface area (Å²) in [4.78, 5) is 12.4. The molecule has 0 N–H and O–H groups in total. The van der Waals surface area contributed by atoms with Crippen molar-refractivity contribution in [3.8, 4) is 11.1 Å². The summed E-state index contributed by atoms with van der Waals surface area (Å²) in [5.41, 5.74) is 3.30. The Balaban J connectivity index is 2.27. The number of hydrogen-bond donors (Lipinski definition) is 0. The van der Waals surface area contributed by atoms with E-state index in [0.717, 1.165) is 5.56 Å². The molecule has 2 aromatic carbocycles. The average molecular weight is 236 g/mol. The zero-order chi connectivity index (χ0) is 12.5. The first-order valence-electron chi connectivity index (χ1n) is 5.83. The predicted octanol–water partition coefficient (Wildman–Crippen LogP) is 3.77. The molecule has 0 aliphatic carbocycles. The Bertz CT molecular complexity index is 752. The molecule has 0 amide bonds. The zero-order valence-electron chi connectivity index (χ0n) is 10.0. The third-order valence-electron chi connectivity index (χ3n) is 3.04. The lowest BCUT2D eigenvalue weighted by atomic mass is 10.0. The number of para-hydroxylation sites is 1. The topological polar surface area (TPSA) is 30.2 Å². The maximum absolute atomic E-state index is 12.4. The molecule has 3 aromatic rings. The molecule has 18 heavy (non-hydrogen) atoms. The standard InChI is InChI=1S/C16H12O2/c1-11-6-8-12(9-7-11)14-10-18-15-5-3-2-4-13(15)16(14)17/h2-10H,1H3. The normalized spacial score (nSPS) is 10.7. The van der Waals surface area contributed by atoms with Gasteiger partial charge in [0.15, 0.2) is 5.43 Å². The van der Waals surface area contributed by atoms with Crippen LogP contribution in [0.2, 0.25) is 0 Å². The van der Waals surface area contributed by atoms with E-state index >= 15 is 0 Å². The molecule has 1 aromatic heterocycles. The lowest BCUT2D eigenvalue weighted by molar-refractivity contribution is 0.604. The zero-order valence-corrected chi connectivity index (χ0v) is 10.0. The van der Waals surface area contributed by atoms with E-state index in [2.05, 4.69) is 0 Å². The largest absolute Gasteiger partial charge is 0.463 e. The lowest BCUT2D eigenvalue weighted by Crippen LogP contribution is -2.04. The van der Waals surface area contributed by atoms with Crippen molar-refractivity contribution in [1.29, 1.82) is 0 Å². The molecule has 0 aliphatic heterocycles. The van der Waals surface area contributed by atoms with Crippen molar-refractivity contribution in [2.24, 2.45) is 0 Å². The van der Waals surface area contributed by atoms with Gasteiger partial charge >= 0.3 is 0 Å². The van der Waals surface area contributed by atoms with Crippen LogP contribution in [0.5, 0.6) is 0 Å². The number of hydrogen-bond acceptors (Lipinski definition) is 2. The first kappa shape index (κ1) is 10.8. The van der Waals surface area contributed by atoms with Crippen molar-refractivity contribution in [1.82, 2.24) is 0 Å². The van der Waals surface area contributed by atoms with Crippen LogP contribution in [0.4, 0.5) is 0 Å². The van der Waals surface area contributed by atoms with Crippen LogP contribution in [0.25, 0.3) is 22.1 Å². The van der Waals surface area contributed by atoms with E-state index in [0.29, 0.717) is 16.5 Å². The summed E-state index contributed by atoms with van der Waals surface area (Å²) in [7, 11) is 0. The summed E-state index contributed by atoms with van der Waals surface area (Å²) in [6.07, 6.45) is 1.54. The minimum Gasteiger partial charge on any atom is -0.463 e. The molecular weight excluding hydrogens is 224 g/mol. The van der Waals surface area contributed by atoms with E-state index in [1.807, 2.05) is 43.3 Å². The second-order valence-corrected chi connectivity index (χ2v) is 4.34. The molecule has 3 rings (SSSR count). The monoisotopic (exact) mass is 236 g/mol.